The Morgan fingerprint density at radius 2 is 2.06 bits per heavy atom. The number of carbonyl (C=O) groups excluding carboxylic acids is 1. The zero-order chi connectivity index (χ0) is 13.1. The number of carbonyl (C=O) groups is 1. The first-order valence-electron chi connectivity index (χ1n) is 4.52. The number of hydrogen-bond donors (Lipinski definition) is 1. The van der Waals surface area contributed by atoms with Gasteiger partial charge in [-0.1, -0.05) is 18.7 Å². The van der Waals surface area contributed by atoms with Crippen LogP contribution < -0.4 is 5.73 Å². The molecule has 1 amide bonds. The van der Waals surface area contributed by atoms with Crippen LogP contribution in [0.2, 0.25) is 0 Å². The number of rotatable bonds is 3. The molecular formula is C11H9F3N2O. The second kappa shape index (κ2) is 4.82. The summed E-state index contributed by atoms with van der Waals surface area (Å²) in [5.74, 6) is -0.758. The fraction of sp³-hybridized carbons (Fsp3) is 0.0909. The van der Waals surface area contributed by atoms with Gasteiger partial charge in [-0.05, 0) is 12.1 Å². The van der Waals surface area contributed by atoms with E-state index in [-0.39, 0.29) is 11.1 Å². The minimum atomic E-state index is -4.51. The fourth-order valence-electron chi connectivity index (χ4n) is 1.16. The Labute approximate surface area is 95.5 Å². The number of pyridine rings is 1. The summed E-state index contributed by atoms with van der Waals surface area (Å²) in [7, 11) is 0. The summed E-state index contributed by atoms with van der Waals surface area (Å²) in [5.41, 5.74) is 4.32. The number of nitrogens with zero attached hydrogens (tertiary/aromatic N) is 1. The summed E-state index contributed by atoms with van der Waals surface area (Å²) >= 11 is 0. The summed E-state index contributed by atoms with van der Waals surface area (Å²) in [6.07, 6.45) is -0.930. The van der Waals surface area contributed by atoms with Gasteiger partial charge in [0.1, 0.15) is 5.69 Å². The largest absolute Gasteiger partial charge is 0.433 e. The van der Waals surface area contributed by atoms with E-state index in [9.17, 15) is 18.0 Å². The summed E-state index contributed by atoms with van der Waals surface area (Å²) in [5, 5.41) is 0. The predicted molar refractivity (Wildman–Crippen MR) is 56.6 cm³/mol. The van der Waals surface area contributed by atoms with E-state index >= 15 is 0 Å². The number of halogens is 3. The second-order valence-electron chi connectivity index (χ2n) is 3.11. The average Bonchev–Trinajstić information content (AvgIpc) is 2.24. The summed E-state index contributed by atoms with van der Waals surface area (Å²) < 4.78 is 36.7. The van der Waals surface area contributed by atoms with Crippen molar-refractivity contribution in [1.82, 2.24) is 4.98 Å². The maximum absolute atomic E-state index is 12.2. The van der Waals surface area contributed by atoms with Gasteiger partial charge in [-0.15, -0.1) is 0 Å². The highest BCUT2D eigenvalue weighted by molar-refractivity contribution is 6.18. The molecule has 0 aliphatic carbocycles. The maximum atomic E-state index is 12.2. The van der Waals surface area contributed by atoms with Gasteiger partial charge in [0.05, 0.1) is 0 Å². The number of nitrogens with two attached hydrogens (primary N) is 1. The van der Waals surface area contributed by atoms with Crippen molar-refractivity contribution < 1.29 is 18.0 Å². The normalized spacial score (nSPS) is 12.3. The standard InChI is InChI=1S/C11H9F3N2O/c1-2-3-8(10(15)17)7-4-5-9(16-6-7)11(12,13)14/h2-6H,1H2,(H2,15,17). The molecule has 0 fully saturated rings. The maximum Gasteiger partial charge on any atom is 0.433 e. The lowest BCUT2D eigenvalue weighted by atomic mass is 10.1. The molecule has 17 heavy (non-hydrogen) atoms. The molecule has 0 unspecified atom stereocenters. The first-order chi connectivity index (χ1) is 7.86. The van der Waals surface area contributed by atoms with Crippen LogP contribution in [-0.4, -0.2) is 10.9 Å². The molecule has 90 valence electrons. The van der Waals surface area contributed by atoms with E-state index in [1.807, 2.05) is 0 Å². The van der Waals surface area contributed by atoms with Crippen LogP contribution in [-0.2, 0) is 11.0 Å². The van der Waals surface area contributed by atoms with Gasteiger partial charge >= 0.3 is 6.18 Å². The molecule has 0 aliphatic rings. The Kier molecular flexibility index (Phi) is 3.67. The third-order valence-corrected chi connectivity index (χ3v) is 1.91. The van der Waals surface area contributed by atoms with Crippen molar-refractivity contribution in [1.29, 1.82) is 0 Å². The van der Waals surface area contributed by atoms with Gasteiger partial charge in [-0.2, -0.15) is 13.2 Å². The Morgan fingerprint density at radius 1 is 1.41 bits per heavy atom. The summed E-state index contributed by atoms with van der Waals surface area (Å²) in [6.45, 7) is 3.38. The molecular weight excluding hydrogens is 233 g/mol. The molecule has 0 aliphatic heterocycles. The predicted octanol–water partition coefficient (Wildman–Crippen LogP) is 2.16. The molecule has 0 aromatic carbocycles. The third-order valence-electron chi connectivity index (χ3n) is 1.91. The van der Waals surface area contributed by atoms with Crippen molar-refractivity contribution >= 4 is 11.5 Å². The molecule has 3 nitrogen and oxygen atoms in total. The van der Waals surface area contributed by atoms with E-state index in [1.54, 1.807) is 0 Å². The van der Waals surface area contributed by atoms with Crippen molar-refractivity contribution in [2.75, 3.05) is 0 Å². The van der Waals surface area contributed by atoms with Crippen LogP contribution in [0, 0.1) is 0 Å². The van der Waals surface area contributed by atoms with E-state index < -0.39 is 17.8 Å². The van der Waals surface area contributed by atoms with E-state index in [1.165, 1.54) is 12.2 Å². The molecule has 1 heterocycles. The van der Waals surface area contributed by atoms with Crippen molar-refractivity contribution in [3.8, 4) is 0 Å². The highest BCUT2D eigenvalue weighted by atomic mass is 19.4. The fourth-order valence-corrected chi connectivity index (χ4v) is 1.16. The van der Waals surface area contributed by atoms with Gasteiger partial charge in [0.25, 0.3) is 0 Å². The minimum absolute atomic E-state index is 0.0567. The van der Waals surface area contributed by atoms with Crippen LogP contribution in [0.5, 0.6) is 0 Å². The molecule has 0 spiro atoms. The highest BCUT2D eigenvalue weighted by Crippen LogP contribution is 2.28. The van der Waals surface area contributed by atoms with E-state index in [4.69, 9.17) is 5.73 Å². The Hall–Kier alpha value is -2.11. The molecule has 0 saturated carbocycles. The van der Waals surface area contributed by atoms with E-state index in [0.717, 1.165) is 18.3 Å². The number of allylic oxidation sites excluding steroid dienone is 2. The first kappa shape index (κ1) is 13.0. The van der Waals surface area contributed by atoms with Crippen molar-refractivity contribution in [2.24, 2.45) is 5.73 Å². The lowest BCUT2D eigenvalue weighted by Gasteiger charge is -2.07. The van der Waals surface area contributed by atoms with Crippen LogP contribution in [0.1, 0.15) is 11.3 Å². The molecule has 0 atom stereocenters. The first-order valence-corrected chi connectivity index (χ1v) is 4.52. The molecule has 1 rings (SSSR count). The summed E-state index contributed by atoms with van der Waals surface area (Å²) in [4.78, 5) is 14.3. The smallest absolute Gasteiger partial charge is 0.366 e. The van der Waals surface area contributed by atoms with Crippen LogP contribution in [0.4, 0.5) is 13.2 Å². The number of primary amides is 1. The SMILES string of the molecule is C=CC=C(C(N)=O)c1ccc(C(F)(F)F)nc1. The molecule has 6 heteroatoms. The van der Waals surface area contributed by atoms with Crippen LogP contribution in [0.3, 0.4) is 0 Å². The van der Waals surface area contributed by atoms with Gasteiger partial charge in [-0.25, -0.2) is 0 Å². The average molecular weight is 242 g/mol. The van der Waals surface area contributed by atoms with E-state index in [0.29, 0.717) is 0 Å². The molecule has 1 aromatic heterocycles. The van der Waals surface area contributed by atoms with Crippen molar-refractivity contribution in [3.05, 3.63) is 48.3 Å². The zero-order valence-electron chi connectivity index (χ0n) is 8.66. The van der Waals surface area contributed by atoms with Crippen LogP contribution in [0.25, 0.3) is 5.57 Å². The number of aromatic nitrogens is 1. The van der Waals surface area contributed by atoms with Crippen LogP contribution in [0.15, 0.2) is 37.1 Å². The van der Waals surface area contributed by atoms with Crippen LogP contribution >= 0.6 is 0 Å². The topological polar surface area (TPSA) is 56.0 Å². The third kappa shape index (κ3) is 3.17. The van der Waals surface area contributed by atoms with Gasteiger partial charge in [0, 0.05) is 17.3 Å². The Balaban J connectivity index is 3.14. The Morgan fingerprint density at radius 3 is 2.41 bits per heavy atom. The van der Waals surface area contributed by atoms with Gasteiger partial charge in [0.15, 0.2) is 0 Å². The van der Waals surface area contributed by atoms with Gasteiger partial charge in [0.2, 0.25) is 5.91 Å². The number of alkyl halides is 3. The molecule has 1 aromatic rings. The molecule has 2 N–H and O–H groups in total. The van der Waals surface area contributed by atoms with Gasteiger partial charge < -0.3 is 5.73 Å². The van der Waals surface area contributed by atoms with Crippen molar-refractivity contribution in [2.45, 2.75) is 6.18 Å². The summed E-state index contributed by atoms with van der Waals surface area (Å²) in [6, 6.07) is 1.92. The quantitative estimate of drug-likeness (QED) is 0.652. The van der Waals surface area contributed by atoms with E-state index in [2.05, 4.69) is 11.6 Å². The second-order valence-corrected chi connectivity index (χ2v) is 3.11. The minimum Gasteiger partial charge on any atom is -0.366 e. The molecule has 0 bridgehead atoms. The van der Waals surface area contributed by atoms with Crippen molar-refractivity contribution in [3.63, 3.8) is 0 Å². The number of amides is 1. The highest BCUT2D eigenvalue weighted by Gasteiger charge is 2.32. The molecule has 0 radical (unpaired) electrons. The number of hydrogen-bond acceptors (Lipinski definition) is 2. The lowest BCUT2D eigenvalue weighted by Crippen LogP contribution is -2.14. The molecule has 0 saturated heterocycles. The van der Waals surface area contributed by atoms with Gasteiger partial charge in [-0.3, -0.25) is 9.78 Å². The lowest BCUT2D eigenvalue weighted by molar-refractivity contribution is -0.141. The Bertz CT molecular complexity index is 461. The monoisotopic (exact) mass is 242 g/mol. The zero-order valence-corrected chi connectivity index (χ0v) is 8.66.